The maximum Gasteiger partial charge on any atom is 0.220 e. The molecule has 25 heavy (non-hydrogen) atoms. The Kier molecular flexibility index (Phi) is 6.64. The third kappa shape index (κ3) is 5.63. The van der Waals surface area contributed by atoms with Gasteiger partial charge in [-0.2, -0.15) is 0 Å². The van der Waals surface area contributed by atoms with Crippen LogP contribution in [0.5, 0.6) is 0 Å². The number of carbonyl (C=O) groups excluding carboxylic acids is 1. The molecule has 7 heteroatoms. The monoisotopic (exact) mass is 351 g/mol. The summed E-state index contributed by atoms with van der Waals surface area (Å²) in [6, 6.07) is 3.17. The Morgan fingerprint density at radius 2 is 2.12 bits per heavy atom. The molecule has 1 amide bonds. The van der Waals surface area contributed by atoms with Crippen molar-refractivity contribution in [2.45, 2.75) is 39.2 Å². The SMILES string of the molecule is CC(C)CC(CN)NC(=O)CCc1ncc(-c2ccc(F)cc2F)o1. The third-order valence-electron chi connectivity index (χ3n) is 3.72. The van der Waals surface area contributed by atoms with Gasteiger partial charge in [-0.05, 0) is 24.5 Å². The predicted molar refractivity (Wildman–Crippen MR) is 90.6 cm³/mol. The van der Waals surface area contributed by atoms with Crippen molar-refractivity contribution >= 4 is 5.91 Å². The summed E-state index contributed by atoms with van der Waals surface area (Å²) in [5.74, 6) is -0.555. The van der Waals surface area contributed by atoms with Gasteiger partial charge in [-0.25, -0.2) is 13.8 Å². The largest absolute Gasteiger partial charge is 0.441 e. The van der Waals surface area contributed by atoms with Gasteiger partial charge in [0.1, 0.15) is 11.6 Å². The Hall–Kier alpha value is -2.28. The number of halogens is 2. The van der Waals surface area contributed by atoms with Crippen molar-refractivity contribution in [3.8, 4) is 11.3 Å². The molecule has 1 unspecified atom stereocenters. The molecular weight excluding hydrogens is 328 g/mol. The average Bonchev–Trinajstić information content (AvgIpc) is 3.00. The molecule has 0 spiro atoms. The second-order valence-electron chi connectivity index (χ2n) is 6.37. The van der Waals surface area contributed by atoms with Crippen LogP contribution in [0.25, 0.3) is 11.3 Å². The summed E-state index contributed by atoms with van der Waals surface area (Å²) in [5.41, 5.74) is 5.79. The number of amides is 1. The van der Waals surface area contributed by atoms with E-state index >= 15 is 0 Å². The normalized spacial score (nSPS) is 12.4. The van der Waals surface area contributed by atoms with Crippen LogP contribution in [0.3, 0.4) is 0 Å². The second kappa shape index (κ2) is 8.71. The second-order valence-corrected chi connectivity index (χ2v) is 6.37. The lowest BCUT2D eigenvalue weighted by Gasteiger charge is -2.18. The Bertz CT molecular complexity index is 716. The van der Waals surface area contributed by atoms with Gasteiger partial charge in [0.25, 0.3) is 0 Å². The average molecular weight is 351 g/mol. The molecule has 0 saturated heterocycles. The quantitative estimate of drug-likeness (QED) is 0.766. The number of hydrogen-bond donors (Lipinski definition) is 2. The molecule has 0 bridgehead atoms. The zero-order valence-corrected chi connectivity index (χ0v) is 14.4. The molecule has 136 valence electrons. The molecule has 3 N–H and O–H groups in total. The first-order valence-corrected chi connectivity index (χ1v) is 8.28. The number of nitrogens with one attached hydrogen (secondary N) is 1. The molecule has 0 aliphatic rings. The Balaban J connectivity index is 1.92. The predicted octanol–water partition coefficient (Wildman–Crippen LogP) is 3.04. The molecular formula is C18H23F2N3O2. The minimum Gasteiger partial charge on any atom is -0.441 e. The van der Waals surface area contributed by atoms with Crippen LogP contribution in [-0.2, 0) is 11.2 Å². The lowest BCUT2D eigenvalue weighted by Crippen LogP contribution is -2.41. The van der Waals surface area contributed by atoms with Crippen molar-refractivity contribution < 1.29 is 18.0 Å². The fourth-order valence-electron chi connectivity index (χ4n) is 2.54. The Morgan fingerprint density at radius 1 is 1.36 bits per heavy atom. The molecule has 1 aromatic heterocycles. The summed E-state index contributed by atoms with van der Waals surface area (Å²) in [6.45, 7) is 4.52. The van der Waals surface area contributed by atoms with E-state index in [0.717, 1.165) is 18.6 Å². The smallest absolute Gasteiger partial charge is 0.220 e. The van der Waals surface area contributed by atoms with Gasteiger partial charge >= 0.3 is 0 Å². The van der Waals surface area contributed by atoms with Crippen LogP contribution in [0.4, 0.5) is 8.78 Å². The van der Waals surface area contributed by atoms with Crippen molar-refractivity contribution in [2.75, 3.05) is 6.54 Å². The molecule has 1 atom stereocenters. The van der Waals surface area contributed by atoms with Crippen LogP contribution >= 0.6 is 0 Å². The zero-order valence-electron chi connectivity index (χ0n) is 14.4. The first kappa shape index (κ1) is 19.1. The van der Waals surface area contributed by atoms with E-state index in [0.29, 0.717) is 18.4 Å². The highest BCUT2D eigenvalue weighted by Crippen LogP contribution is 2.24. The minimum atomic E-state index is -0.722. The molecule has 5 nitrogen and oxygen atoms in total. The summed E-state index contributed by atoms with van der Waals surface area (Å²) in [6.07, 6.45) is 2.66. The highest BCUT2D eigenvalue weighted by molar-refractivity contribution is 5.76. The molecule has 0 aliphatic carbocycles. The minimum absolute atomic E-state index is 0.0547. The summed E-state index contributed by atoms with van der Waals surface area (Å²) in [4.78, 5) is 16.0. The van der Waals surface area contributed by atoms with Crippen LogP contribution in [0.15, 0.2) is 28.8 Å². The van der Waals surface area contributed by atoms with Gasteiger partial charge in [0.05, 0.1) is 11.8 Å². The number of nitrogens with two attached hydrogens (primary N) is 1. The number of aryl methyl sites for hydroxylation is 1. The maximum atomic E-state index is 13.7. The van der Waals surface area contributed by atoms with Crippen molar-refractivity contribution in [3.63, 3.8) is 0 Å². The van der Waals surface area contributed by atoms with E-state index in [9.17, 15) is 13.6 Å². The van der Waals surface area contributed by atoms with Gasteiger partial charge in [0.15, 0.2) is 11.7 Å². The number of carbonyl (C=O) groups is 1. The van der Waals surface area contributed by atoms with E-state index in [-0.39, 0.29) is 36.1 Å². The molecule has 0 radical (unpaired) electrons. The fourth-order valence-corrected chi connectivity index (χ4v) is 2.54. The van der Waals surface area contributed by atoms with E-state index in [4.69, 9.17) is 10.2 Å². The van der Waals surface area contributed by atoms with E-state index < -0.39 is 11.6 Å². The van der Waals surface area contributed by atoms with Gasteiger partial charge < -0.3 is 15.5 Å². The van der Waals surface area contributed by atoms with Crippen molar-refractivity contribution in [1.82, 2.24) is 10.3 Å². The molecule has 2 aromatic rings. The molecule has 0 saturated carbocycles. The van der Waals surface area contributed by atoms with E-state index in [1.165, 1.54) is 12.3 Å². The van der Waals surface area contributed by atoms with Crippen molar-refractivity contribution in [3.05, 3.63) is 41.9 Å². The van der Waals surface area contributed by atoms with Gasteiger partial charge in [0.2, 0.25) is 5.91 Å². The van der Waals surface area contributed by atoms with E-state index in [2.05, 4.69) is 24.1 Å². The summed E-state index contributed by atoms with van der Waals surface area (Å²) >= 11 is 0. The summed E-state index contributed by atoms with van der Waals surface area (Å²) < 4.78 is 32.2. The molecule has 0 aliphatic heterocycles. The first-order valence-electron chi connectivity index (χ1n) is 8.28. The fraction of sp³-hybridized carbons (Fsp3) is 0.444. The van der Waals surface area contributed by atoms with Gasteiger partial charge in [-0.3, -0.25) is 4.79 Å². The Morgan fingerprint density at radius 3 is 2.76 bits per heavy atom. The molecule has 2 rings (SSSR count). The van der Waals surface area contributed by atoms with Crippen LogP contribution in [-0.4, -0.2) is 23.5 Å². The summed E-state index contributed by atoms with van der Waals surface area (Å²) in [7, 11) is 0. The number of rotatable bonds is 8. The van der Waals surface area contributed by atoms with Crippen LogP contribution < -0.4 is 11.1 Å². The molecule has 0 fully saturated rings. The lowest BCUT2D eigenvalue weighted by molar-refractivity contribution is -0.121. The molecule has 1 heterocycles. The standard InChI is InChI=1S/C18H23F2N3O2/c1-11(2)7-13(9-21)23-17(24)5-6-18-22-10-16(25-18)14-4-3-12(19)8-15(14)20/h3-4,8,10-11,13H,5-7,9,21H2,1-2H3,(H,23,24). The lowest BCUT2D eigenvalue weighted by atomic mass is 10.0. The van der Waals surface area contributed by atoms with Crippen LogP contribution in [0.2, 0.25) is 0 Å². The third-order valence-corrected chi connectivity index (χ3v) is 3.72. The van der Waals surface area contributed by atoms with Crippen LogP contribution in [0, 0.1) is 17.6 Å². The number of aromatic nitrogens is 1. The van der Waals surface area contributed by atoms with Gasteiger partial charge in [-0.15, -0.1) is 0 Å². The van der Waals surface area contributed by atoms with Gasteiger partial charge in [-0.1, -0.05) is 13.8 Å². The van der Waals surface area contributed by atoms with E-state index in [1.807, 2.05) is 0 Å². The van der Waals surface area contributed by atoms with Crippen LogP contribution in [0.1, 0.15) is 32.6 Å². The highest BCUT2D eigenvalue weighted by Gasteiger charge is 2.15. The number of nitrogens with zero attached hydrogens (tertiary/aromatic N) is 1. The van der Waals surface area contributed by atoms with Crippen molar-refractivity contribution in [2.24, 2.45) is 11.7 Å². The maximum absolute atomic E-state index is 13.7. The van der Waals surface area contributed by atoms with Gasteiger partial charge in [0, 0.05) is 31.5 Å². The number of hydrogen-bond acceptors (Lipinski definition) is 4. The zero-order chi connectivity index (χ0) is 18.4. The topological polar surface area (TPSA) is 81.1 Å². The highest BCUT2D eigenvalue weighted by atomic mass is 19.1. The number of oxazole rings is 1. The molecule has 1 aromatic carbocycles. The number of benzene rings is 1. The van der Waals surface area contributed by atoms with Crippen molar-refractivity contribution in [1.29, 1.82) is 0 Å². The first-order chi connectivity index (χ1) is 11.9. The Labute approximate surface area is 145 Å². The van der Waals surface area contributed by atoms with E-state index in [1.54, 1.807) is 0 Å². The summed E-state index contributed by atoms with van der Waals surface area (Å²) in [5, 5.41) is 2.89.